The van der Waals surface area contributed by atoms with E-state index in [0.717, 1.165) is 12.8 Å². The second kappa shape index (κ2) is 5.66. The van der Waals surface area contributed by atoms with E-state index in [-0.39, 0.29) is 10.5 Å². The quantitative estimate of drug-likeness (QED) is 0.609. The molecule has 0 spiro atoms. The molecule has 1 aromatic rings. The summed E-state index contributed by atoms with van der Waals surface area (Å²) < 4.78 is 26.2. The second-order valence-corrected chi connectivity index (χ2v) is 5.35. The summed E-state index contributed by atoms with van der Waals surface area (Å²) >= 11 is 0. The number of nitrogens with two attached hydrogens (primary N) is 1. The first-order valence-electron chi connectivity index (χ1n) is 5.30. The number of hydrogen-bond donors (Lipinski definition) is 2. The Morgan fingerprint density at radius 2 is 2.18 bits per heavy atom. The van der Waals surface area contributed by atoms with E-state index in [9.17, 15) is 8.42 Å². The number of nitriles is 1. The molecule has 1 aromatic carbocycles. The predicted octanol–water partition coefficient (Wildman–Crippen LogP) is 1.22. The summed E-state index contributed by atoms with van der Waals surface area (Å²) in [7, 11) is -3.62. The fourth-order valence-corrected chi connectivity index (χ4v) is 2.54. The lowest BCUT2D eigenvalue weighted by molar-refractivity contribution is 0.578. The highest BCUT2D eigenvalue weighted by atomic mass is 32.2. The molecule has 6 heteroatoms. The Morgan fingerprint density at radius 3 is 2.76 bits per heavy atom. The predicted molar refractivity (Wildman–Crippen MR) is 65.7 cm³/mol. The molecule has 0 unspecified atom stereocenters. The zero-order valence-corrected chi connectivity index (χ0v) is 10.4. The number of sulfonamides is 1. The molecule has 92 valence electrons. The number of rotatable bonds is 5. The summed E-state index contributed by atoms with van der Waals surface area (Å²) in [5, 5.41) is 8.88. The fraction of sp³-hybridized carbons (Fsp3) is 0.364. The maximum atomic E-state index is 11.9. The van der Waals surface area contributed by atoms with Crippen molar-refractivity contribution in [2.45, 2.75) is 24.7 Å². The van der Waals surface area contributed by atoms with Gasteiger partial charge in [-0.25, -0.2) is 13.1 Å². The Kier molecular flexibility index (Phi) is 4.49. The number of benzene rings is 1. The lowest BCUT2D eigenvalue weighted by Crippen LogP contribution is -2.25. The first-order valence-corrected chi connectivity index (χ1v) is 6.79. The molecule has 0 atom stereocenters. The minimum Gasteiger partial charge on any atom is -0.399 e. The third-order valence-corrected chi connectivity index (χ3v) is 3.76. The summed E-state index contributed by atoms with van der Waals surface area (Å²) in [6.07, 6.45) is 1.66. The molecule has 0 saturated carbocycles. The Hall–Kier alpha value is -1.58. The molecular weight excluding hydrogens is 238 g/mol. The Labute approximate surface area is 101 Å². The van der Waals surface area contributed by atoms with Gasteiger partial charge in [0, 0.05) is 12.2 Å². The highest BCUT2D eigenvalue weighted by Gasteiger charge is 2.17. The molecule has 0 heterocycles. The van der Waals surface area contributed by atoms with Crippen LogP contribution in [0.15, 0.2) is 23.1 Å². The number of unbranched alkanes of at least 4 members (excludes halogenated alkanes) is 1. The number of nitrogens with one attached hydrogen (secondary N) is 1. The average Bonchev–Trinajstić information content (AvgIpc) is 2.28. The van der Waals surface area contributed by atoms with Crippen molar-refractivity contribution in [1.29, 1.82) is 5.26 Å². The van der Waals surface area contributed by atoms with Crippen molar-refractivity contribution in [3.63, 3.8) is 0 Å². The molecule has 5 nitrogen and oxygen atoms in total. The Balaban J connectivity index is 3.03. The SMILES string of the molecule is CCCCNS(=O)(=O)c1ccc(N)cc1C#N. The van der Waals surface area contributed by atoms with Crippen LogP contribution in [0.1, 0.15) is 25.3 Å². The van der Waals surface area contributed by atoms with Gasteiger partial charge in [0.1, 0.15) is 6.07 Å². The van der Waals surface area contributed by atoms with E-state index in [0.29, 0.717) is 12.2 Å². The van der Waals surface area contributed by atoms with E-state index in [1.165, 1.54) is 18.2 Å². The Morgan fingerprint density at radius 1 is 1.47 bits per heavy atom. The number of hydrogen-bond acceptors (Lipinski definition) is 4. The molecule has 17 heavy (non-hydrogen) atoms. The second-order valence-electron chi connectivity index (χ2n) is 3.62. The summed E-state index contributed by atoms with van der Waals surface area (Å²) in [5.41, 5.74) is 5.94. The molecule has 0 fully saturated rings. The molecule has 0 bridgehead atoms. The molecule has 3 N–H and O–H groups in total. The fourth-order valence-electron chi connectivity index (χ4n) is 1.33. The van der Waals surface area contributed by atoms with Crippen molar-refractivity contribution in [3.8, 4) is 6.07 Å². The van der Waals surface area contributed by atoms with Crippen LogP contribution < -0.4 is 10.5 Å². The van der Waals surface area contributed by atoms with Gasteiger partial charge in [-0.2, -0.15) is 5.26 Å². The first-order chi connectivity index (χ1) is 8.01. The third-order valence-electron chi connectivity index (χ3n) is 2.24. The Bertz CT molecular complexity index is 532. The average molecular weight is 253 g/mol. The largest absolute Gasteiger partial charge is 0.399 e. The van der Waals surface area contributed by atoms with Crippen molar-refractivity contribution in [1.82, 2.24) is 4.72 Å². The minimum absolute atomic E-state index is 0.0229. The summed E-state index contributed by atoms with van der Waals surface area (Å²) in [4.78, 5) is -0.0229. The van der Waals surface area contributed by atoms with Crippen molar-refractivity contribution in [2.75, 3.05) is 12.3 Å². The van der Waals surface area contributed by atoms with Crippen LogP contribution in [0.4, 0.5) is 5.69 Å². The van der Waals surface area contributed by atoms with Gasteiger partial charge in [0.05, 0.1) is 10.5 Å². The number of anilines is 1. The first kappa shape index (κ1) is 13.5. The smallest absolute Gasteiger partial charge is 0.241 e. The van der Waals surface area contributed by atoms with Gasteiger partial charge in [-0.1, -0.05) is 13.3 Å². The van der Waals surface area contributed by atoms with Crippen LogP contribution in [0.2, 0.25) is 0 Å². The number of nitrogens with zero attached hydrogens (tertiary/aromatic N) is 1. The standard InChI is InChI=1S/C11H15N3O2S/c1-2-3-6-14-17(15,16)11-5-4-10(13)7-9(11)8-12/h4-5,7,14H,2-3,6,13H2,1H3. The molecule has 0 aromatic heterocycles. The van der Waals surface area contributed by atoms with Crippen molar-refractivity contribution >= 4 is 15.7 Å². The third kappa shape index (κ3) is 3.44. The minimum atomic E-state index is -3.62. The lowest BCUT2D eigenvalue weighted by atomic mass is 10.2. The van der Waals surface area contributed by atoms with Crippen molar-refractivity contribution < 1.29 is 8.42 Å². The van der Waals surface area contributed by atoms with Gasteiger partial charge in [-0.15, -0.1) is 0 Å². The van der Waals surface area contributed by atoms with E-state index < -0.39 is 10.0 Å². The molecule has 0 aliphatic rings. The van der Waals surface area contributed by atoms with E-state index in [4.69, 9.17) is 11.0 Å². The zero-order chi connectivity index (χ0) is 12.9. The van der Waals surface area contributed by atoms with Crippen LogP contribution in [-0.2, 0) is 10.0 Å². The van der Waals surface area contributed by atoms with Crippen LogP contribution in [0.5, 0.6) is 0 Å². The van der Waals surface area contributed by atoms with Crippen LogP contribution in [0, 0.1) is 11.3 Å². The van der Waals surface area contributed by atoms with E-state index in [1.807, 2.05) is 13.0 Å². The van der Waals surface area contributed by atoms with Gasteiger partial charge in [0.2, 0.25) is 10.0 Å². The topological polar surface area (TPSA) is 96.0 Å². The molecule has 1 rings (SSSR count). The normalized spacial score (nSPS) is 11.1. The van der Waals surface area contributed by atoms with Gasteiger partial charge in [0.15, 0.2) is 0 Å². The van der Waals surface area contributed by atoms with Gasteiger partial charge >= 0.3 is 0 Å². The van der Waals surface area contributed by atoms with Gasteiger partial charge in [0.25, 0.3) is 0 Å². The van der Waals surface area contributed by atoms with Crippen LogP contribution in [-0.4, -0.2) is 15.0 Å². The van der Waals surface area contributed by atoms with Crippen LogP contribution >= 0.6 is 0 Å². The molecule has 0 amide bonds. The summed E-state index contributed by atoms with van der Waals surface area (Å²) in [5.74, 6) is 0. The zero-order valence-electron chi connectivity index (χ0n) is 9.60. The van der Waals surface area contributed by atoms with Gasteiger partial charge < -0.3 is 5.73 Å². The van der Waals surface area contributed by atoms with Crippen molar-refractivity contribution in [3.05, 3.63) is 23.8 Å². The summed E-state index contributed by atoms with van der Waals surface area (Å²) in [6, 6.07) is 6.01. The van der Waals surface area contributed by atoms with Crippen molar-refractivity contribution in [2.24, 2.45) is 0 Å². The molecule has 0 saturated heterocycles. The van der Waals surface area contributed by atoms with Gasteiger partial charge in [-0.3, -0.25) is 0 Å². The maximum absolute atomic E-state index is 11.9. The van der Waals surface area contributed by atoms with E-state index >= 15 is 0 Å². The summed E-state index contributed by atoms with van der Waals surface area (Å²) in [6.45, 7) is 2.34. The highest BCUT2D eigenvalue weighted by molar-refractivity contribution is 7.89. The van der Waals surface area contributed by atoms with Gasteiger partial charge in [-0.05, 0) is 24.6 Å². The van der Waals surface area contributed by atoms with E-state index in [1.54, 1.807) is 0 Å². The maximum Gasteiger partial charge on any atom is 0.241 e. The number of nitrogen functional groups attached to an aromatic ring is 1. The lowest BCUT2D eigenvalue weighted by Gasteiger charge is -2.08. The molecule has 0 radical (unpaired) electrons. The van der Waals surface area contributed by atoms with Crippen LogP contribution in [0.3, 0.4) is 0 Å². The molecule has 0 aliphatic heterocycles. The van der Waals surface area contributed by atoms with E-state index in [2.05, 4.69) is 4.72 Å². The highest BCUT2D eigenvalue weighted by Crippen LogP contribution is 2.17. The molecular formula is C11H15N3O2S. The monoisotopic (exact) mass is 253 g/mol. The molecule has 0 aliphatic carbocycles. The van der Waals surface area contributed by atoms with Crippen LogP contribution in [0.25, 0.3) is 0 Å².